The Hall–Kier alpha value is -1.73. The molecule has 1 aromatic heterocycles. The van der Waals surface area contributed by atoms with E-state index >= 15 is 0 Å². The second-order valence-electron chi connectivity index (χ2n) is 6.57. The van der Waals surface area contributed by atoms with Gasteiger partial charge in [0.25, 0.3) is 0 Å². The van der Waals surface area contributed by atoms with Gasteiger partial charge in [-0.1, -0.05) is 0 Å². The Bertz CT molecular complexity index is 555. The first-order chi connectivity index (χ1) is 9.95. The number of alkyl carbamates (subject to hydrolysis) is 1. The van der Waals surface area contributed by atoms with Crippen LogP contribution < -0.4 is 5.32 Å². The fourth-order valence-corrected chi connectivity index (χ4v) is 2.34. The van der Waals surface area contributed by atoms with E-state index in [1.807, 2.05) is 0 Å². The number of amides is 1. The molecule has 0 atom stereocenters. The van der Waals surface area contributed by atoms with Crippen LogP contribution in [0.1, 0.15) is 50.9 Å². The third kappa shape index (κ3) is 3.92. The fraction of sp³-hybridized carbons (Fsp3) is 0.714. The maximum absolute atomic E-state index is 12.7. The van der Waals surface area contributed by atoms with Crippen LogP contribution in [-0.4, -0.2) is 27.5 Å². The molecule has 2 rings (SSSR count). The van der Waals surface area contributed by atoms with Crippen molar-refractivity contribution in [2.75, 3.05) is 0 Å². The summed E-state index contributed by atoms with van der Waals surface area (Å²) in [4.78, 5) is 11.6. The zero-order valence-electron chi connectivity index (χ0n) is 13.0. The van der Waals surface area contributed by atoms with Gasteiger partial charge in [0.15, 0.2) is 0 Å². The van der Waals surface area contributed by atoms with Crippen molar-refractivity contribution >= 4 is 6.09 Å². The standard InChI is InChI=1S/C14H20F3N3O2/c1-8-11(14(15,16)17)7-20(19-8)10-5-9(6-10)18-12(21)22-13(2,3)4/h7,9-10H,5-6H2,1-4H3,(H,18,21)/t9-,10-. The van der Waals surface area contributed by atoms with Gasteiger partial charge in [-0.3, -0.25) is 4.68 Å². The Morgan fingerprint density at radius 1 is 1.36 bits per heavy atom. The molecule has 0 aliphatic heterocycles. The van der Waals surface area contributed by atoms with Gasteiger partial charge in [0, 0.05) is 12.2 Å². The van der Waals surface area contributed by atoms with Crippen molar-refractivity contribution < 1.29 is 22.7 Å². The van der Waals surface area contributed by atoms with Crippen LogP contribution in [0, 0.1) is 6.92 Å². The Kier molecular flexibility index (Phi) is 4.14. The topological polar surface area (TPSA) is 56.2 Å². The predicted molar refractivity (Wildman–Crippen MR) is 73.4 cm³/mol. The molecule has 124 valence electrons. The largest absolute Gasteiger partial charge is 0.444 e. The normalized spacial score (nSPS) is 22.1. The molecule has 0 radical (unpaired) electrons. The van der Waals surface area contributed by atoms with E-state index < -0.39 is 23.4 Å². The van der Waals surface area contributed by atoms with Crippen molar-refractivity contribution in [1.29, 1.82) is 0 Å². The molecule has 0 unspecified atom stereocenters. The van der Waals surface area contributed by atoms with Crippen molar-refractivity contribution in [3.63, 3.8) is 0 Å². The Labute approximate surface area is 126 Å². The van der Waals surface area contributed by atoms with Crippen LogP contribution in [0.3, 0.4) is 0 Å². The third-order valence-electron chi connectivity index (χ3n) is 3.43. The fourth-order valence-electron chi connectivity index (χ4n) is 2.34. The summed E-state index contributed by atoms with van der Waals surface area (Å²) in [5.41, 5.74) is -1.32. The van der Waals surface area contributed by atoms with Gasteiger partial charge in [-0.05, 0) is 40.5 Å². The summed E-state index contributed by atoms with van der Waals surface area (Å²) in [6.45, 7) is 6.64. The average Bonchev–Trinajstić information content (AvgIpc) is 2.61. The summed E-state index contributed by atoms with van der Waals surface area (Å²) in [6.07, 6.45) is -2.79. The van der Waals surface area contributed by atoms with Crippen LogP contribution in [0.15, 0.2) is 6.20 Å². The van der Waals surface area contributed by atoms with Crippen LogP contribution in [0.5, 0.6) is 0 Å². The average molecular weight is 319 g/mol. The van der Waals surface area contributed by atoms with Crippen LogP contribution in [-0.2, 0) is 10.9 Å². The van der Waals surface area contributed by atoms with Crippen molar-refractivity contribution in [2.24, 2.45) is 0 Å². The highest BCUT2D eigenvalue weighted by molar-refractivity contribution is 5.68. The minimum Gasteiger partial charge on any atom is -0.444 e. The molecule has 1 aliphatic rings. The van der Waals surface area contributed by atoms with E-state index in [0.29, 0.717) is 12.8 Å². The monoisotopic (exact) mass is 319 g/mol. The molecule has 1 aliphatic carbocycles. The van der Waals surface area contributed by atoms with E-state index in [0.717, 1.165) is 6.20 Å². The zero-order chi connectivity index (χ0) is 16.7. The van der Waals surface area contributed by atoms with E-state index in [9.17, 15) is 18.0 Å². The van der Waals surface area contributed by atoms with Gasteiger partial charge >= 0.3 is 12.3 Å². The maximum atomic E-state index is 12.7. The van der Waals surface area contributed by atoms with Crippen LogP contribution in [0.2, 0.25) is 0 Å². The number of ether oxygens (including phenoxy) is 1. The molecule has 5 nitrogen and oxygen atoms in total. The minimum absolute atomic E-state index is 0.0314. The second kappa shape index (κ2) is 5.48. The van der Waals surface area contributed by atoms with Crippen molar-refractivity contribution in [2.45, 2.75) is 64.4 Å². The SMILES string of the molecule is Cc1nn([C@H]2C[C@H](NC(=O)OC(C)(C)C)C2)cc1C(F)(F)F. The molecule has 0 bridgehead atoms. The second-order valence-corrected chi connectivity index (χ2v) is 6.57. The van der Waals surface area contributed by atoms with Gasteiger partial charge in [0.2, 0.25) is 0 Å². The molecule has 1 fully saturated rings. The van der Waals surface area contributed by atoms with Crippen LogP contribution >= 0.6 is 0 Å². The molecule has 1 N–H and O–H groups in total. The lowest BCUT2D eigenvalue weighted by Gasteiger charge is -2.36. The van der Waals surface area contributed by atoms with Gasteiger partial charge in [-0.15, -0.1) is 0 Å². The van der Waals surface area contributed by atoms with Gasteiger partial charge in [-0.2, -0.15) is 18.3 Å². The highest BCUT2D eigenvalue weighted by Gasteiger charge is 2.38. The molecule has 0 saturated heterocycles. The first-order valence-corrected chi connectivity index (χ1v) is 7.08. The molecule has 0 aromatic carbocycles. The Morgan fingerprint density at radius 3 is 2.41 bits per heavy atom. The Balaban J connectivity index is 1.88. The molecule has 0 spiro atoms. The number of alkyl halides is 3. The summed E-state index contributed by atoms with van der Waals surface area (Å²) in [5.74, 6) is 0. The quantitative estimate of drug-likeness (QED) is 0.908. The number of nitrogens with one attached hydrogen (secondary N) is 1. The molecular formula is C14H20F3N3O2. The lowest BCUT2D eigenvalue weighted by molar-refractivity contribution is -0.138. The number of halogens is 3. The molecular weight excluding hydrogens is 299 g/mol. The minimum atomic E-state index is -4.39. The smallest absolute Gasteiger partial charge is 0.419 e. The first kappa shape index (κ1) is 16.6. The molecule has 1 heterocycles. The molecule has 8 heteroatoms. The highest BCUT2D eigenvalue weighted by Crippen LogP contribution is 2.36. The van der Waals surface area contributed by atoms with Crippen molar-refractivity contribution in [1.82, 2.24) is 15.1 Å². The van der Waals surface area contributed by atoms with E-state index in [1.54, 1.807) is 20.8 Å². The van der Waals surface area contributed by atoms with Gasteiger partial charge in [-0.25, -0.2) is 4.79 Å². The zero-order valence-corrected chi connectivity index (χ0v) is 13.0. The summed E-state index contributed by atoms with van der Waals surface area (Å²) < 4.78 is 44.7. The van der Waals surface area contributed by atoms with E-state index in [4.69, 9.17) is 4.74 Å². The number of aromatic nitrogens is 2. The lowest BCUT2D eigenvalue weighted by atomic mass is 9.87. The number of aryl methyl sites for hydroxylation is 1. The predicted octanol–water partition coefficient (Wildman–Crippen LogP) is 3.44. The van der Waals surface area contributed by atoms with Crippen molar-refractivity contribution in [3.05, 3.63) is 17.5 Å². The van der Waals surface area contributed by atoms with Crippen LogP contribution in [0.25, 0.3) is 0 Å². The van der Waals surface area contributed by atoms with Gasteiger partial charge < -0.3 is 10.1 Å². The van der Waals surface area contributed by atoms with Crippen molar-refractivity contribution in [3.8, 4) is 0 Å². The first-order valence-electron chi connectivity index (χ1n) is 7.08. The molecule has 1 amide bonds. The molecule has 22 heavy (non-hydrogen) atoms. The number of hydrogen-bond acceptors (Lipinski definition) is 3. The summed E-state index contributed by atoms with van der Waals surface area (Å²) in [7, 11) is 0. The highest BCUT2D eigenvalue weighted by atomic mass is 19.4. The summed E-state index contributed by atoms with van der Waals surface area (Å²) >= 11 is 0. The van der Waals surface area contributed by atoms with Gasteiger partial charge in [0.05, 0.1) is 17.3 Å². The Morgan fingerprint density at radius 2 is 1.95 bits per heavy atom. The number of nitrogens with zero attached hydrogens (tertiary/aromatic N) is 2. The summed E-state index contributed by atoms with van der Waals surface area (Å²) in [5, 5.41) is 6.62. The van der Waals surface area contributed by atoms with Crippen LogP contribution in [0.4, 0.5) is 18.0 Å². The molecule has 1 aromatic rings. The number of hydrogen-bond donors (Lipinski definition) is 1. The van der Waals surface area contributed by atoms with E-state index in [-0.39, 0.29) is 17.8 Å². The third-order valence-corrected chi connectivity index (χ3v) is 3.43. The lowest BCUT2D eigenvalue weighted by Crippen LogP contribution is -2.46. The number of carbonyl (C=O) groups is 1. The van der Waals surface area contributed by atoms with E-state index in [1.165, 1.54) is 11.6 Å². The number of rotatable bonds is 2. The van der Waals surface area contributed by atoms with E-state index in [2.05, 4.69) is 10.4 Å². The summed E-state index contributed by atoms with van der Waals surface area (Å²) in [6, 6.07) is -0.228. The maximum Gasteiger partial charge on any atom is 0.419 e. The molecule has 1 saturated carbocycles. The van der Waals surface area contributed by atoms with Gasteiger partial charge in [0.1, 0.15) is 5.60 Å². The number of carbonyl (C=O) groups excluding carboxylic acids is 1.